The van der Waals surface area contributed by atoms with Gasteiger partial charge in [-0.3, -0.25) is 0 Å². The van der Waals surface area contributed by atoms with Gasteiger partial charge in [-0.2, -0.15) is 13.2 Å². The van der Waals surface area contributed by atoms with E-state index in [1.165, 1.54) is 3.97 Å². The van der Waals surface area contributed by atoms with Crippen LogP contribution in [-0.4, -0.2) is 36.6 Å². The van der Waals surface area contributed by atoms with Gasteiger partial charge in [-0.1, -0.05) is 42.5 Å². The highest BCUT2D eigenvalue weighted by Gasteiger charge is 2.26. The Balaban J connectivity index is 1.83. The molecule has 0 aliphatic carbocycles. The maximum atomic E-state index is 13.1. The Morgan fingerprint density at radius 2 is 1.68 bits per heavy atom. The number of fused-ring (bicyclic) bond motifs is 1. The molecule has 0 atom stereocenters. The van der Waals surface area contributed by atoms with Gasteiger partial charge in [-0.15, -0.1) is 0 Å². The van der Waals surface area contributed by atoms with Gasteiger partial charge in [0.25, 0.3) is 0 Å². The molecule has 150 valence electrons. The summed E-state index contributed by atoms with van der Waals surface area (Å²) in [6.45, 7) is -0.961. The highest BCUT2D eigenvalue weighted by atomic mass is 32.2. The normalized spacial score (nSPS) is 12.5. The maximum Gasteiger partial charge on any atom is 0.401 e. The number of hydrogen-bond donors (Lipinski definition) is 1. The molecule has 0 bridgehead atoms. The molecule has 0 spiro atoms. The molecule has 0 radical (unpaired) electrons. The Hall–Kier alpha value is -2.39. The Morgan fingerprint density at radius 1 is 1.00 bits per heavy atom. The monoisotopic (exact) mass is 411 g/mol. The Kier molecular flexibility index (Phi) is 6.04. The van der Waals surface area contributed by atoms with Crippen molar-refractivity contribution in [3.63, 3.8) is 0 Å². The van der Waals surface area contributed by atoms with E-state index in [0.717, 1.165) is 0 Å². The van der Waals surface area contributed by atoms with Gasteiger partial charge < -0.3 is 5.32 Å². The van der Waals surface area contributed by atoms with Crippen LogP contribution in [0, 0.1) is 0 Å². The minimum atomic E-state index is -4.27. The predicted molar refractivity (Wildman–Crippen MR) is 101 cm³/mol. The summed E-state index contributed by atoms with van der Waals surface area (Å²) < 4.78 is 64.0. The molecule has 3 rings (SSSR count). The highest BCUT2D eigenvalue weighted by Crippen LogP contribution is 2.22. The van der Waals surface area contributed by atoms with E-state index in [1.807, 2.05) is 6.07 Å². The molecule has 0 amide bonds. The van der Waals surface area contributed by atoms with Gasteiger partial charge in [0.05, 0.1) is 23.3 Å². The fourth-order valence-corrected chi connectivity index (χ4v) is 4.62. The van der Waals surface area contributed by atoms with Crippen molar-refractivity contribution in [1.29, 1.82) is 0 Å². The molecule has 0 aliphatic heterocycles. The van der Waals surface area contributed by atoms with E-state index >= 15 is 0 Å². The largest absolute Gasteiger partial charge is 0.401 e. The molecule has 0 aliphatic rings. The number of para-hydroxylation sites is 2. The molecule has 1 heterocycles. The van der Waals surface area contributed by atoms with Gasteiger partial charge >= 0.3 is 6.18 Å². The van der Waals surface area contributed by atoms with Gasteiger partial charge in [0.15, 0.2) is 0 Å². The summed E-state index contributed by atoms with van der Waals surface area (Å²) in [6.07, 6.45) is -3.69. The van der Waals surface area contributed by atoms with Crippen LogP contribution in [0.4, 0.5) is 13.2 Å². The minimum Gasteiger partial charge on any atom is -0.309 e. The first kappa shape index (κ1) is 20.3. The van der Waals surface area contributed by atoms with Crippen molar-refractivity contribution < 1.29 is 21.6 Å². The van der Waals surface area contributed by atoms with Gasteiger partial charge in [-0.05, 0) is 30.7 Å². The van der Waals surface area contributed by atoms with Crippen LogP contribution in [0.2, 0.25) is 0 Å². The van der Waals surface area contributed by atoms with Gasteiger partial charge in [0.1, 0.15) is 5.82 Å². The van der Waals surface area contributed by atoms with Crippen molar-refractivity contribution in [3.05, 3.63) is 66.0 Å². The van der Waals surface area contributed by atoms with Crippen molar-refractivity contribution in [2.75, 3.05) is 13.1 Å². The fraction of sp³-hybridized carbons (Fsp3) is 0.316. The topological polar surface area (TPSA) is 64.0 Å². The van der Waals surface area contributed by atoms with Crippen LogP contribution >= 0.6 is 0 Å². The average molecular weight is 411 g/mol. The predicted octanol–water partition coefficient (Wildman–Crippen LogP) is 3.50. The summed E-state index contributed by atoms with van der Waals surface area (Å²) >= 11 is 0. The second kappa shape index (κ2) is 8.32. The molecule has 0 saturated heterocycles. The van der Waals surface area contributed by atoms with Crippen molar-refractivity contribution in [1.82, 2.24) is 14.3 Å². The van der Waals surface area contributed by atoms with Gasteiger partial charge in [0.2, 0.25) is 10.0 Å². The smallest absolute Gasteiger partial charge is 0.309 e. The molecule has 0 unspecified atom stereocenters. The first-order chi connectivity index (χ1) is 13.3. The number of benzene rings is 2. The van der Waals surface area contributed by atoms with Gasteiger partial charge in [-0.25, -0.2) is 17.4 Å². The molecule has 28 heavy (non-hydrogen) atoms. The van der Waals surface area contributed by atoms with Crippen molar-refractivity contribution in [2.45, 2.75) is 24.8 Å². The zero-order valence-electron chi connectivity index (χ0n) is 15.0. The van der Waals surface area contributed by atoms with Crippen molar-refractivity contribution in [2.24, 2.45) is 0 Å². The molecule has 0 fully saturated rings. The molecule has 1 aromatic heterocycles. The van der Waals surface area contributed by atoms with E-state index in [0.29, 0.717) is 28.8 Å². The second-order valence-corrected chi connectivity index (χ2v) is 8.24. The first-order valence-corrected chi connectivity index (χ1v) is 10.4. The molecule has 0 saturated carbocycles. The van der Waals surface area contributed by atoms with Crippen LogP contribution < -0.4 is 5.32 Å². The van der Waals surface area contributed by atoms with E-state index in [9.17, 15) is 21.6 Å². The van der Waals surface area contributed by atoms with E-state index < -0.39 is 22.7 Å². The quantitative estimate of drug-likeness (QED) is 0.577. The van der Waals surface area contributed by atoms with Crippen LogP contribution in [0.3, 0.4) is 0 Å². The van der Waals surface area contributed by atoms with Crippen molar-refractivity contribution in [3.8, 4) is 0 Å². The summed E-state index contributed by atoms with van der Waals surface area (Å²) in [7, 11) is -3.74. The van der Waals surface area contributed by atoms with E-state index in [4.69, 9.17) is 0 Å². The molecular formula is C19H20F3N3O2S. The van der Waals surface area contributed by atoms with E-state index in [-0.39, 0.29) is 18.7 Å². The van der Waals surface area contributed by atoms with Crippen LogP contribution in [0.1, 0.15) is 17.8 Å². The molecule has 1 N–H and O–H groups in total. The third-order valence-corrected chi connectivity index (χ3v) is 5.80. The van der Waals surface area contributed by atoms with Crippen LogP contribution in [-0.2, 0) is 22.2 Å². The SMILES string of the molecule is O=S(=O)(Cc1ccccc1)n1c(CCCNCC(F)(F)F)nc2ccccc21. The summed E-state index contributed by atoms with van der Waals surface area (Å²) in [6, 6.07) is 15.7. The molecule has 9 heteroatoms. The first-order valence-electron chi connectivity index (χ1n) is 8.77. The third kappa shape index (κ3) is 5.11. The number of aryl methyl sites for hydroxylation is 1. The molecule has 3 aromatic rings. The zero-order chi connectivity index (χ0) is 20.2. The number of halogens is 3. The van der Waals surface area contributed by atoms with Gasteiger partial charge in [0, 0.05) is 6.42 Å². The number of hydrogen-bond acceptors (Lipinski definition) is 4. The standard InChI is InChI=1S/C19H20F3N3O2S/c20-19(21,22)14-23-12-6-11-18-24-16-9-4-5-10-17(16)25(18)28(26,27)13-15-7-2-1-3-8-15/h1-5,7-10,23H,6,11-14H2. The number of nitrogens with one attached hydrogen (secondary N) is 1. The fourth-order valence-electron chi connectivity index (χ4n) is 2.97. The van der Waals surface area contributed by atoms with Crippen molar-refractivity contribution >= 4 is 21.1 Å². The zero-order valence-corrected chi connectivity index (χ0v) is 15.8. The second-order valence-electron chi connectivity index (χ2n) is 6.42. The van der Waals surface area contributed by atoms with Crippen LogP contribution in [0.5, 0.6) is 0 Å². The highest BCUT2D eigenvalue weighted by molar-refractivity contribution is 7.89. The minimum absolute atomic E-state index is 0.113. The Labute approximate surface area is 161 Å². The summed E-state index contributed by atoms with van der Waals surface area (Å²) in [5.74, 6) is 0.138. The lowest BCUT2D eigenvalue weighted by molar-refractivity contribution is -0.124. The Morgan fingerprint density at radius 3 is 2.39 bits per heavy atom. The number of rotatable bonds is 8. The third-order valence-electron chi connectivity index (χ3n) is 4.13. The number of alkyl halides is 3. The molecule has 2 aromatic carbocycles. The lowest BCUT2D eigenvalue weighted by Gasteiger charge is -2.11. The van der Waals surface area contributed by atoms with E-state index in [1.54, 1.807) is 48.5 Å². The Bertz CT molecular complexity index is 1030. The molecule has 5 nitrogen and oxygen atoms in total. The number of aromatic nitrogens is 2. The molecular weight excluding hydrogens is 391 g/mol. The maximum absolute atomic E-state index is 13.1. The average Bonchev–Trinajstić information content (AvgIpc) is 3.00. The number of nitrogens with zero attached hydrogens (tertiary/aromatic N) is 2. The summed E-state index contributed by atoms with van der Waals surface area (Å²) in [5.41, 5.74) is 1.66. The lowest BCUT2D eigenvalue weighted by atomic mass is 10.2. The number of imidazole rings is 1. The van der Waals surface area contributed by atoms with E-state index in [2.05, 4.69) is 10.3 Å². The summed E-state index contributed by atoms with van der Waals surface area (Å²) in [4.78, 5) is 4.40. The van der Waals surface area contributed by atoms with Crippen LogP contribution in [0.15, 0.2) is 54.6 Å². The lowest BCUT2D eigenvalue weighted by Crippen LogP contribution is -2.29. The van der Waals surface area contributed by atoms with Crippen LogP contribution in [0.25, 0.3) is 11.0 Å². The summed E-state index contributed by atoms with van der Waals surface area (Å²) in [5, 5.41) is 2.32.